The maximum Gasteiger partial charge on any atom is 0.344 e. The first-order chi connectivity index (χ1) is 10.1. The molecule has 2 atom stereocenters. The fraction of sp³-hybridized carbons (Fsp3) is 0.500. The van der Waals surface area contributed by atoms with Gasteiger partial charge in [-0.15, -0.1) is 0 Å². The van der Waals surface area contributed by atoms with Gasteiger partial charge in [0.15, 0.2) is 12.4 Å². The molecule has 5 heteroatoms. The predicted molar refractivity (Wildman–Crippen MR) is 76.5 cm³/mol. The van der Waals surface area contributed by atoms with Crippen molar-refractivity contribution in [3.63, 3.8) is 0 Å². The molecule has 0 N–H and O–H groups in total. The van der Waals surface area contributed by atoms with Crippen molar-refractivity contribution in [2.75, 3.05) is 13.7 Å². The highest BCUT2D eigenvalue weighted by molar-refractivity contribution is 5.94. The topological polar surface area (TPSA) is 61.8 Å². The molecule has 1 aliphatic rings. The Morgan fingerprint density at radius 2 is 2.00 bits per heavy atom. The summed E-state index contributed by atoms with van der Waals surface area (Å²) in [4.78, 5) is 23.1. The van der Waals surface area contributed by atoms with Crippen molar-refractivity contribution in [1.29, 1.82) is 0 Å². The Hall–Kier alpha value is -1.88. The molecule has 1 aromatic rings. The first kappa shape index (κ1) is 15.5. The van der Waals surface area contributed by atoms with Crippen molar-refractivity contribution in [2.45, 2.75) is 38.4 Å². The van der Waals surface area contributed by atoms with Crippen LogP contribution >= 0.6 is 0 Å². The van der Waals surface area contributed by atoms with Crippen LogP contribution in [0.25, 0.3) is 0 Å². The molecule has 1 fully saturated rings. The largest absolute Gasteiger partial charge is 0.482 e. The predicted octanol–water partition coefficient (Wildman–Crippen LogP) is 2.38. The summed E-state index contributed by atoms with van der Waals surface area (Å²) in [6.45, 7) is 1.31. The Morgan fingerprint density at radius 1 is 1.24 bits per heavy atom. The van der Waals surface area contributed by atoms with Crippen molar-refractivity contribution in [2.24, 2.45) is 0 Å². The third-order valence-corrected chi connectivity index (χ3v) is 3.57. The van der Waals surface area contributed by atoms with E-state index >= 15 is 0 Å². The minimum atomic E-state index is -0.419. The highest BCUT2D eigenvalue weighted by Gasteiger charge is 2.30. The molecular formula is C16H20O5. The van der Waals surface area contributed by atoms with Crippen LogP contribution in [0.1, 0.15) is 36.5 Å². The lowest BCUT2D eigenvalue weighted by molar-refractivity contribution is -0.156. The number of hydrogen-bond acceptors (Lipinski definition) is 5. The molecule has 1 aliphatic carbocycles. The van der Waals surface area contributed by atoms with Gasteiger partial charge in [-0.05, 0) is 38.3 Å². The third-order valence-electron chi connectivity index (χ3n) is 3.57. The van der Waals surface area contributed by atoms with Gasteiger partial charge in [-0.1, -0.05) is 12.1 Å². The van der Waals surface area contributed by atoms with Crippen molar-refractivity contribution in [3.8, 4) is 5.75 Å². The first-order valence-corrected chi connectivity index (χ1v) is 7.06. The van der Waals surface area contributed by atoms with Gasteiger partial charge >= 0.3 is 5.97 Å². The van der Waals surface area contributed by atoms with Gasteiger partial charge < -0.3 is 14.2 Å². The molecule has 1 saturated carbocycles. The number of Topliss-reactive ketones (excluding diaryl/α,β-unsaturated/α-hetero) is 1. The van der Waals surface area contributed by atoms with Crippen LogP contribution in [0, 0.1) is 0 Å². The van der Waals surface area contributed by atoms with E-state index in [1.54, 1.807) is 31.4 Å². The van der Waals surface area contributed by atoms with Crippen LogP contribution < -0.4 is 4.74 Å². The number of rotatable bonds is 6. The van der Waals surface area contributed by atoms with Gasteiger partial charge in [-0.3, -0.25) is 4.79 Å². The highest BCUT2D eigenvalue weighted by Crippen LogP contribution is 2.24. The Bertz CT molecular complexity index is 511. The average molecular weight is 292 g/mol. The molecule has 2 rings (SSSR count). The van der Waals surface area contributed by atoms with Crippen molar-refractivity contribution in [3.05, 3.63) is 29.8 Å². The zero-order chi connectivity index (χ0) is 15.2. The maximum atomic E-state index is 11.8. The number of ether oxygens (including phenoxy) is 3. The second kappa shape index (κ2) is 7.22. The second-order valence-electron chi connectivity index (χ2n) is 5.11. The van der Waals surface area contributed by atoms with Crippen LogP contribution in [-0.4, -0.2) is 37.7 Å². The lowest BCUT2D eigenvalue weighted by Crippen LogP contribution is -2.29. The Morgan fingerprint density at radius 3 is 2.71 bits per heavy atom. The zero-order valence-corrected chi connectivity index (χ0v) is 12.3. The summed E-state index contributed by atoms with van der Waals surface area (Å²) in [7, 11) is 1.63. The van der Waals surface area contributed by atoms with Gasteiger partial charge in [0.2, 0.25) is 0 Å². The van der Waals surface area contributed by atoms with Crippen LogP contribution in [0.4, 0.5) is 0 Å². The highest BCUT2D eigenvalue weighted by atomic mass is 16.6. The van der Waals surface area contributed by atoms with Gasteiger partial charge in [0, 0.05) is 12.7 Å². The molecule has 5 nitrogen and oxygen atoms in total. The second-order valence-corrected chi connectivity index (χ2v) is 5.11. The minimum Gasteiger partial charge on any atom is -0.482 e. The minimum absolute atomic E-state index is 0.0185. The number of methoxy groups -OCH3 is 1. The summed E-state index contributed by atoms with van der Waals surface area (Å²) >= 11 is 0. The normalized spacial score (nSPS) is 21.0. The van der Waals surface area contributed by atoms with Gasteiger partial charge in [0.05, 0.1) is 6.10 Å². The molecule has 0 radical (unpaired) electrons. The zero-order valence-electron chi connectivity index (χ0n) is 12.3. The number of carbonyl (C=O) groups is 2. The number of carbonyl (C=O) groups excluding carboxylic acids is 2. The number of hydrogen-bond donors (Lipinski definition) is 0. The fourth-order valence-corrected chi connectivity index (χ4v) is 2.45. The van der Waals surface area contributed by atoms with Gasteiger partial charge in [-0.25, -0.2) is 4.79 Å². The quantitative estimate of drug-likeness (QED) is 0.595. The van der Waals surface area contributed by atoms with E-state index in [0.29, 0.717) is 11.3 Å². The van der Waals surface area contributed by atoms with E-state index in [1.807, 2.05) is 0 Å². The van der Waals surface area contributed by atoms with Crippen LogP contribution in [0.2, 0.25) is 0 Å². The molecule has 0 saturated heterocycles. The van der Waals surface area contributed by atoms with Gasteiger partial charge in [0.1, 0.15) is 11.9 Å². The van der Waals surface area contributed by atoms with E-state index in [9.17, 15) is 9.59 Å². The number of ketones is 1. The molecule has 1 aromatic carbocycles. The number of benzene rings is 1. The average Bonchev–Trinajstić information content (AvgIpc) is 2.92. The Labute approximate surface area is 124 Å². The maximum absolute atomic E-state index is 11.8. The molecule has 0 spiro atoms. The molecule has 0 amide bonds. The summed E-state index contributed by atoms with van der Waals surface area (Å²) in [5.41, 5.74) is 0.552. The summed E-state index contributed by atoms with van der Waals surface area (Å²) in [6, 6.07) is 6.74. The standard InChI is InChI=1S/C16H20O5/c1-11(17)12-5-3-6-13(9-12)20-10-16(18)21-15-8-4-7-14(15)19-2/h3,5-6,9,14-15H,4,7-8,10H2,1-2H3/t14-,15+/m1/s1. The van der Waals surface area contributed by atoms with Gasteiger partial charge in [0.25, 0.3) is 0 Å². The molecule has 0 aliphatic heterocycles. The smallest absolute Gasteiger partial charge is 0.344 e. The molecule has 0 bridgehead atoms. The van der Waals surface area contributed by atoms with Crippen molar-refractivity contribution < 1.29 is 23.8 Å². The molecule has 0 unspecified atom stereocenters. The van der Waals surface area contributed by atoms with E-state index in [2.05, 4.69) is 0 Å². The molecule has 114 valence electrons. The summed E-state index contributed by atoms with van der Waals surface area (Å²) in [5.74, 6) is 0.0171. The van der Waals surface area contributed by atoms with Crippen LogP contribution in [0.3, 0.4) is 0 Å². The van der Waals surface area contributed by atoms with E-state index in [-0.39, 0.29) is 24.6 Å². The Kier molecular flexibility index (Phi) is 5.33. The molecule has 0 heterocycles. The lowest BCUT2D eigenvalue weighted by atomic mass is 10.1. The van der Waals surface area contributed by atoms with E-state index in [1.165, 1.54) is 6.92 Å². The monoisotopic (exact) mass is 292 g/mol. The van der Waals surface area contributed by atoms with E-state index < -0.39 is 5.97 Å². The van der Waals surface area contributed by atoms with E-state index in [0.717, 1.165) is 19.3 Å². The lowest BCUT2D eigenvalue weighted by Gasteiger charge is -2.18. The van der Waals surface area contributed by atoms with Crippen molar-refractivity contribution in [1.82, 2.24) is 0 Å². The molecule has 21 heavy (non-hydrogen) atoms. The third kappa shape index (κ3) is 4.29. The molecular weight excluding hydrogens is 272 g/mol. The van der Waals surface area contributed by atoms with Gasteiger partial charge in [-0.2, -0.15) is 0 Å². The summed E-state index contributed by atoms with van der Waals surface area (Å²) < 4.78 is 16.0. The Balaban J connectivity index is 1.84. The van der Waals surface area contributed by atoms with Crippen LogP contribution in [0.5, 0.6) is 5.75 Å². The summed E-state index contributed by atoms with van der Waals surface area (Å²) in [5, 5.41) is 0. The molecule has 0 aromatic heterocycles. The fourth-order valence-electron chi connectivity index (χ4n) is 2.45. The SMILES string of the molecule is CO[C@@H]1CCC[C@@H]1OC(=O)COc1cccc(C(C)=O)c1. The van der Waals surface area contributed by atoms with Crippen LogP contribution in [0.15, 0.2) is 24.3 Å². The van der Waals surface area contributed by atoms with Crippen LogP contribution in [-0.2, 0) is 14.3 Å². The van der Waals surface area contributed by atoms with E-state index in [4.69, 9.17) is 14.2 Å². The number of esters is 1. The van der Waals surface area contributed by atoms with Crippen molar-refractivity contribution >= 4 is 11.8 Å². The first-order valence-electron chi connectivity index (χ1n) is 7.06. The summed E-state index contributed by atoms with van der Waals surface area (Å²) in [6.07, 6.45) is 2.53.